The number of rotatable bonds is 2. The molecular weight excluding hydrogens is 268 g/mol. The molecule has 1 aliphatic rings. The maximum Gasteiger partial charge on any atom is 0.410 e. The maximum atomic E-state index is 12.1. The van der Waals surface area contributed by atoms with Gasteiger partial charge >= 0.3 is 6.09 Å². The number of carbonyl (C=O) groups is 1. The fourth-order valence-corrected chi connectivity index (χ4v) is 2.60. The molecule has 21 heavy (non-hydrogen) atoms. The molecule has 0 aliphatic carbocycles. The topological polar surface area (TPSA) is 50.6 Å². The Morgan fingerprint density at radius 3 is 2.48 bits per heavy atom. The number of nitrogens with zero attached hydrogens (tertiary/aromatic N) is 4. The average molecular weight is 294 g/mol. The maximum absolute atomic E-state index is 12.1. The summed E-state index contributed by atoms with van der Waals surface area (Å²) >= 11 is 0. The van der Waals surface area contributed by atoms with Crippen molar-refractivity contribution in [2.24, 2.45) is 7.05 Å². The Balaban J connectivity index is 1.89. The van der Waals surface area contributed by atoms with Crippen molar-refractivity contribution >= 4 is 12.0 Å². The van der Waals surface area contributed by atoms with Crippen molar-refractivity contribution in [1.29, 1.82) is 0 Å². The van der Waals surface area contributed by atoms with Gasteiger partial charge in [-0.2, -0.15) is 0 Å². The van der Waals surface area contributed by atoms with Crippen molar-refractivity contribution in [1.82, 2.24) is 14.5 Å². The molecule has 0 atom stereocenters. The zero-order chi connectivity index (χ0) is 15.6. The number of ether oxygens (including phenoxy) is 1. The van der Waals surface area contributed by atoms with Crippen LogP contribution in [0.5, 0.6) is 0 Å². The highest BCUT2D eigenvalue weighted by molar-refractivity contribution is 5.68. The lowest BCUT2D eigenvalue weighted by atomic mass is 10.0. The first-order valence-electron chi connectivity index (χ1n) is 7.46. The van der Waals surface area contributed by atoms with E-state index in [0.717, 1.165) is 31.9 Å². The van der Waals surface area contributed by atoms with Gasteiger partial charge in [-0.15, -0.1) is 0 Å². The molecule has 2 heterocycles. The SMILES string of the molecule is CN(C(=O)OC(C)(C)C)C1CCN(c2nccn2C)CC1. The molecule has 0 spiro atoms. The van der Waals surface area contributed by atoms with Crippen LogP contribution in [0.25, 0.3) is 0 Å². The Bertz CT molecular complexity index is 484. The molecule has 1 saturated heterocycles. The summed E-state index contributed by atoms with van der Waals surface area (Å²) in [4.78, 5) is 20.5. The normalized spacial score (nSPS) is 16.9. The summed E-state index contributed by atoms with van der Waals surface area (Å²) in [5, 5.41) is 0. The van der Waals surface area contributed by atoms with Gasteiger partial charge in [0.1, 0.15) is 5.60 Å². The molecule has 6 nitrogen and oxygen atoms in total. The first-order valence-corrected chi connectivity index (χ1v) is 7.46. The lowest BCUT2D eigenvalue weighted by Gasteiger charge is -2.37. The van der Waals surface area contributed by atoms with Crippen molar-refractivity contribution in [2.75, 3.05) is 25.0 Å². The van der Waals surface area contributed by atoms with E-state index < -0.39 is 5.60 Å². The molecule has 2 rings (SSSR count). The van der Waals surface area contributed by atoms with Crippen molar-refractivity contribution in [3.05, 3.63) is 12.4 Å². The van der Waals surface area contributed by atoms with Gasteiger partial charge in [0.25, 0.3) is 0 Å². The molecule has 0 unspecified atom stereocenters. The number of hydrogen-bond acceptors (Lipinski definition) is 4. The predicted molar refractivity (Wildman–Crippen MR) is 82.4 cm³/mol. The molecule has 0 aromatic carbocycles. The van der Waals surface area contributed by atoms with Crippen molar-refractivity contribution < 1.29 is 9.53 Å². The smallest absolute Gasteiger partial charge is 0.410 e. The summed E-state index contributed by atoms with van der Waals surface area (Å²) < 4.78 is 7.45. The van der Waals surface area contributed by atoms with E-state index in [9.17, 15) is 4.79 Å². The van der Waals surface area contributed by atoms with Gasteiger partial charge in [-0.3, -0.25) is 0 Å². The number of hydrogen-bond donors (Lipinski definition) is 0. The Morgan fingerprint density at radius 1 is 1.38 bits per heavy atom. The molecule has 6 heteroatoms. The number of imidazole rings is 1. The summed E-state index contributed by atoms with van der Waals surface area (Å²) in [5.41, 5.74) is -0.445. The van der Waals surface area contributed by atoms with Gasteiger partial charge in [0.05, 0.1) is 0 Å². The van der Waals surface area contributed by atoms with E-state index in [2.05, 4.69) is 9.88 Å². The van der Waals surface area contributed by atoms with Gasteiger partial charge in [0, 0.05) is 45.6 Å². The highest BCUT2D eigenvalue weighted by Gasteiger charge is 2.29. The summed E-state index contributed by atoms with van der Waals surface area (Å²) in [5.74, 6) is 0.994. The summed E-state index contributed by atoms with van der Waals surface area (Å²) in [6.07, 6.45) is 5.39. The predicted octanol–water partition coefficient (Wildman–Crippen LogP) is 2.26. The van der Waals surface area contributed by atoms with Gasteiger partial charge in [0.2, 0.25) is 5.95 Å². The largest absolute Gasteiger partial charge is 0.444 e. The van der Waals surface area contributed by atoms with Crippen LogP contribution in [-0.2, 0) is 11.8 Å². The number of amides is 1. The average Bonchev–Trinajstić information content (AvgIpc) is 2.82. The van der Waals surface area contributed by atoms with Crippen LogP contribution in [0, 0.1) is 0 Å². The number of aryl methyl sites for hydroxylation is 1. The molecule has 0 radical (unpaired) electrons. The number of aromatic nitrogens is 2. The quantitative estimate of drug-likeness (QED) is 0.839. The lowest BCUT2D eigenvalue weighted by Crippen LogP contribution is -2.47. The van der Waals surface area contributed by atoms with E-state index >= 15 is 0 Å². The minimum Gasteiger partial charge on any atom is -0.444 e. The van der Waals surface area contributed by atoms with E-state index in [1.54, 1.807) is 4.90 Å². The third-order valence-electron chi connectivity index (χ3n) is 3.77. The minimum atomic E-state index is -0.445. The number of anilines is 1. The first kappa shape index (κ1) is 15.7. The summed E-state index contributed by atoms with van der Waals surface area (Å²) in [7, 11) is 3.83. The van der Waals surface area contributed by atoms with Crippen LogP contribution in [0.15, 0.2) is 12.4 Å². The van der Waals surface area contributed by atoms with Crippen molar-refractivity contribution in [3.8, 4) is 0 Å². The van der Waals surface area contributed by atoms with Gasteiger partial charge in [0.15, 0.2) is 0 Å². The van der Waals surface area contributed by atoms with Gasteiger partial charge in [-0.1, -0.05) is 0 Å². The molecule has 0 saturated carbocycles. The second-order valence-electron chi connectivity index (χ2n) is 6.65. The van der Waals surface area contributed by atoms with Gasteiger partial charge in [-0.25, -0.2) is 9.78 Å². The fraction of sp³-hybridized carbons (Fsp3) is 0.733. The van der Waals surface area contributed by atoms with Crippen molar-refractivity contribution in [2.45, 2.75) is 45.3 Å². The number of carbonyl (C=O) groups excluding carboxylic acids is 1. The molecule has 1 aliphatic heterocycles. The van der Waals surface area contributed by atoms with Crippen LogP contribution in [-0.4, -0.2) is 52.3 Å². The highest BCUT2D eigenvalue weighted by atomic mass is 16.6. The molecule has 0 bridgehead atoms. The van der Waals surface area contributed by atoms with Crippen LogP contribution >= 0.6 is 0 Å². The Kier molecular flexibility index (Phi) is 4.44. The molecule has 118 valence electrons. The van der Waals surface area contributed by atoms with Crippen LogP contribution in [0.3, 0.4) is 0 Å². The monoisotopic (exact) mass is 294 g/mol. The first-order chi connectivity index (χ1) is 9.78. The van der Waals surface area contributed by atoms with E-state index in [1.807, 2.05) is 51.8 Å². The van der Waals surface area contributed by atoms with Crippen LogP contribution in [0.2, 0.25) is 0 Å². The standard InChI is InChI=1S/C15H26N4O2/c1-15(2,3)21-14(20)18(5)12-6-9-19(10-7-12)13-16-8-11-17(13)4/h8,11-12H,6-7,9-10H2,1-5H3. The summed E-state index contributed by atoms with van der Waals surface area (Å²) in [6.45, 7) is 7.48. The van der Waals surface area contributed by atoms with Crippen LogP contribution in [0.4, 0.5) is 10.7 Å². The zero-order valence-corrected chi connectivity index (χ0v) is 13.7. The van der Waals surface area contributed by atoms with Crippen molar-refractivity contribution in [3.63, 3.8) is 0 Å². The molecular formula is C15H26N4O2. The zero-order valence-electron chi connectivity index (χ0n) is 13.7. The molecule has 1 amide bonds. The van der Waals surface area contributed by atoms with E-state index in [-0.39, 0.29) is 12.1 Å². The van der Waals surface area contributed by atoms with E-state index in [0.29, 0.717) is 0 Å². The Labute approximate surface area is 126 Å². The second-order valence-corrected chi connectivity index (χ2v) is 6.65. The molecule has 0 N–H and O–H groups in total. The molecule has 1 fully saturated rings. The third kappa shape index (κ3) is 3.89. The number of piperidine rings is 1. The molecule has 1 aromatic rings. The third-order valence-corrected chi connectivity index (χ3v) is 3.77. The lowest BCUT2D eigenvalue weighted by molar-refractivity contribution is 0.0200. The van der Waals surface area contributed by atoms with E-state index in [4.69, 9.17) is 4.74 Å². The summed E-state index contributed by atoms with van der Waals surface area (Å²) in [6, 6.07) is 0.233. The minimum absolute atomic E-state index is 0.233. The van der Waals surface area contributed by atoms with Gasteiger partial charge < -0.3 is 19.1 Å². The Hall–Kier alpha value is -1.72. The second kappa shape index (κ2) is 5.95. The van der Waals surface area contributed by atoms with Crippen LogP contribution in [0.1, 0.15) is 33.6 Å². The highest BCUT2D eigenvalue weighted by Crippen LogP contribution is 2.21. The fourth-order valence-electron chi connectivity index (χ4n) is 2.60. The molecule has 1 aromatic heterocycles. The Morgan fingerprint density at radius 2 is 2.00 bits per heavy atom. The van der Waals surface area contributed by atoms with E-state index in [1.165, 1.54) is 0 Å². The van der Waals surface area contributed by atoms with Gasteiger partial charge in [-0.05, 0) is 33.6 Å². The van der Waals surface area contributed by atoms with Crippen LogP contribution < -0.4 is 4.90 Å².